The van der Waals surface area contributed by atoms with E-state index in [1.54, 1.807) is 17.0 Å². The van der Waals surface area contributed by atoms with Gasteiger partial charge in [0.1, 0.15) is 24.6 Å². The number of alkyl halides is 3. The van der Waals surface area contributed by atoms with E-state index < -0.39 is 42.6 Å². The summed E-state index contributed by atoms with van der Waals surface area (Å²) in [5.74, 6) is -1.32. The third-order valence-corrected chi connectivity index (χ3v) is 7.33. The second-order valence-corrected chi connectivity index (χ2v) is 10.2. The lowest BCUT2D eigenvalue weighted by Gasteiger charge is -2.39. The summed E-state index contributed by atoms with van der Waals surface area (Å²) in [6.07, 6.45) is -4.56. The Morgan fingerprint density at radius 1 is 0.977 bits per heavy atom. The first-order valence-electron chi connectivity index (χ1n) is 13.6. The molecule has 4 aromatic rings. The van der Waals surface area contributed by atoms with E-state index in [1.165, 1.54) is 42.1 Å². The molecule has 2 aromatic heterocycles. The Balaban J connectivity index is 1.18. The zero-order chi connectivity index (χ0) is 30.6. The lowest BCUT2D eigenvalue weighted by atomic mass is 10.1. The number of hydrogen-bond acceptors (Lipinski definition) is 7. The topological polar surface area (TPSA) is 125 Å². The maximum Gasteiger partial charge on any atom is 0.435 e. The van der Waals surface area contributed by atoms with Gasteiger partial charge >= 0.3 is 6.18 Å². The normalized spacial score (nSPS) is 16.1. The maximum absolute atomic E-state index is 13.6. The molecule has 1 fully saturated rings. The van der Waals surface area contributed by atoms with Gasteiger partial charge in [-0.15, -0.1) is 0 Å². The lowest BCUT2D eigenvalue weighted by molar-refractivity contribution is -0.142. The van der Waals surface area contributed by atoms with Crippen molar-refractivity contribution in [1.29, 1.82) is 0 Å². The fourth-order valence-corrected chi connectivity index (χ4v) is 5.03. The third-order valence-electron chi connectivity index (χ3n) is 7.33. The van der Waals surface area contributed by atoms with Gasteiger partial charge in [-0.2, -0.15) is 18.3 Å². The van der Waals surface area contributed by atoms with Crippen molar-refractivity contribution >= 4 is 17.3 Å². The molecule has 0 bridgehead atoms. The van der Waals surface area contributed by atoms with Gasteiger partial charge in [-0.05, 0) is 42.0 Å². The minimum absolute atomic E-state index is 0.117. The van der Waals surface area contributed by atoms with Crippen molar-refractivity contribution in [3.63, 3.8) is 0 Å². The summed E-state index contributed by atoms with van der Waals surface area (Å²) in [5.41, 5.74) is 5.96. The molecule has 5 rings (SSSR count). The number of benzene rings is 2. The molecule has 226 valence electrons. The fourth-order valence-electron chi connectivity index (χ4n) is 5.03. The molecule has 43 heavy (non-hydrogen) atoms. The predicted octanol–water partition coefficient (Wildman–Crippen LogP) is 2.65. The van der Waals surface area contributed by atoms with Gasteiger partial charge in [-0.3, -0.25) is 19.4 Å². The molecule has 1 aliphatic rings. The van der Waals surface area contributed by atoms with Crippen molar-refractivity contribution in [3.05, 3.63) is 101 Å². The summed E-state index contributed by atoms with van der Waals surface area (Å²) < 4.78 is 47.4. The van der Waals surface area contributed by atoms with Crippen LogP contribution in [0.15, 0.2) is 79.0 Å². The van der Waals surface area contributed by atoms with Crippen molar-refractivity contribution in [2.45, 2.75) is 31.6 Å². The van der Waals surface area contributed by atoms with E-state index in [-0.39, 0.29) is 22.4 Å². The number of aliphatic hydroxyl groups is 1. The highest BCUT2D eigenvalue weighted by atomic mass is 19.4. The SMILES string of the molecule is NC(=O)[C@@H](NC(=O)c1ccc(OCc2c(C(F)(F)F)nn3ccccc23)cc1)C(O)N1CCN(Cc2ccccc2)CC1. The van der Waals surface area contributed by atoms with E-state index in [0.717, 1.165) is 11.1 Å². The van der Waals surface area contributed by atoms with Gasteiger partial charge in [0.05, 0.1) is 5.52 Å². The van der Waals surface area contributed by atoms with Crippen molar-refractivity contribution in [1.82, 2.24) is 24.7 Å². The third kappa shape index (κ3) is 7.13. The number of ether oxygens (including phenoxy) is 1. The van der Waals surface area contributed by atoms with Crippen molar-refractivity contribution < 1.29 is 32.6 Å². The number of hydrogen-bond donors (Lipinski definition) is 3. The molecule has 13 heteroatoms. The summed E-state index contributed by atoms with van der Waals surface area (Å²) in [4.78, 5) is 29.1. The number of carbonyl (C=O) groups is 2. The molecule has 2 atom stereocenters. The van der Waals surface area contributed by atoms with E-state index in [1.807, 2.05) is 30.3 Å². The molecule has 0 saturated carbocycles. The number of nitrogens with two attached hydrogens (primary N) is 1. The maximum atomic E-state index is 13.6. The van der Waals surface area contributed by atoms with Crippen LogP contribution in [0.1, 0.15) is 27.2 Å². The average Bonchev–Trinajstić information content (AvgIpc) is 3.39. The molecule has 4 N–H and O–H groups in total. The number of piperazine rings is 1. The summed E-state index contributed by atoms with van der Waals surface area (Å²) in [7, 11) is 0. The summed E-state index contributed by atoms with van der Waals surface area (Å²) in [6, 6.07) is 19.0. The van der Waals surface area contributed by atoms with Crippen LogP contribution in [0.2, 0.25) is 0 Å². The Morgan fingerprint density at radius 3 is 2.30 bits per heavy atom. The van der Waals surface area contributed by atoms with Crippen molar-refractivity contribution in [2.75, 3.05) is 26.2 Å². The zero-order valence-corrected chi connectivity index (χ0v) is 23.1. The van der Waals surface area contributed by atoms with Gasteiger partial charge in [0.2, 0.25) is 5.91 Å². The number of carbonyl (C=O) groups excluding carboxylic acids is 2. The molecule has 1 saturated heterocycles. The first-order valence-corrected chi connectivity index (χ1v) is 13.6. The van der Waals surface area contributed by atoms with Crippen LogP contribution >= 0.6 is 0 Å². The Labute approximate surface area is 245 Å². The number of amides is 2. The zero-order valence-electron chi connectivity index (χ0n) is 23.1. The van der Waals surface area contributed by atoms with Gasteiger partial charge in [0.15, 0.2) is 5.69 Å². The molecule has 1 unspecified atom stereocenters. The quantitative estimate of drug-likeness (QED) is 0.257. The second-order valence-electron chi connectivity index (χ2n) is 10.2. The summed E-state index contributed by atoms with van der Waals surface area (Å²) in [6.45, 7) is 2.63. The number of fused-ring (bicyclic) bond motifs is 1. The summed E-state index contributed by atoms with van der Waals surface area (Å²) >= 11 is 0. The highest BCUT2D eigenvalue weighted by Gasteiger charge is 2.38. The fraction of sp³-hybridized carbons (Fsp3) is 0.300. The van der Waals surface area contributed by atoms with Crippen LogP contribution in [0, 0.1) is 0 Å². The summed E-state index contributed by atoms with van der Waals surface area (Å²) in [5, 5.41) is 17.1. The Bertz CT molecular complexity index is 1550. The molecule has 2 amide bonds. The van der Waals surface area contributed by atoms with Crippen molar-refractivity contribution in [3.8, 4) is 5.75 Å². The molecule has 3 heterocycles. The van der Waals surface area contributed by atoms with E-state index >= 15 is 0 Å². The van der Waals surface area contributed by atoms with Crippen LogP contribution in [0.5, 0.6) is 5.75 Å². The molecule has 2 aromatic carbocycles. The second kappa shape index (κ2) is 12.8. The number of nitrogens with one attached hydrogen (secondary N) is 1. The molecule has 0 spiro atoms. The number of primary amides is 1. The highest BCUT2D eigenvalue weighted by Crippen LogP contribution is 2.33. The molecule has 1 aliphatic heterocycles. The van der Waals surface area contributed by atoms with Crippen LogP contribution in [0.4, 0.5) is 13.2 Å². The minimum atomic E-state index is -4.66. The number of aromatic nitrogens is 2. The molecule has 10 nitrogen and oxygen atoms in total. The number of rotatable bonds is 10. The van der Waals surface area contributed by atoms with Gasteiger partial charge in [-0.25, -0.2) is 4.52 Å². The van der Waals surface area contributed by atoms with Crippen molar-refractivity contribution in [2.24, 2.45) is 5.73 Å². The van der Waals surface area contributed by atoms with Gasteiger partial charge < -0.3 is 20.9 Å². The predicted molar refractivity (Wildman–Crippen MR) is 151 cm³/mol. The first-order chi connectivity index (χ1) is 20.6. The van der Waals surface area contributed by atoms with Crippen LogP contribution in [0.3, 0.4) is 0 Å². The number of halogens is 3. The Hall–Kier alpha value is -4.46. The monoisotopic (exact) mass is 596 g/mol. The van der Waals surface area contributed by atoms with E-state index in [0.29, 0.717) is 26.2 Å². The minimum Gasteiger partial charge on any atom is -0.489 e. The van der Waals surface area contributed by atoms with Crippen LogP contribution in [-0.2, 0) is 24.1 Å². The van der Waals surface area contributed by atoms with Crippen LogP contribution in [0.25, 0.3) is 5.52 Å². The van der Waals surface area contributed by atoms with E-state index in [4.69, 9.17) is 10.5 Å². The molecule has 0 aliphatic carbocycles. The van der Waals surface area contributed by atoms with E-state index in [2.05, 4.69) is 15.3 Å². The lowest BCUT2D eigenvalue weighted by Crippen LogP contribution is -2.61. The number of aliphatic hydroxyl groups excluding tert-OH is 1. The standard InChI is InChI=1S/C30H31F3N6O4/c31-30(32,33)26-23(24-8-4-5-13-39(24)36-26)19-43-22-11-9-21(10-12-22)28(41)35-25(27(34)40)29(42)38-16-14-37(15-17-38)18-20-6-2-1-3-7-20/h1-13,25,29,42H,14-19H2,(H2,34,40)(H,35,41)/t25-,29?/m1/s1. The molecule has 0 radical (unpaired) electrons. The Kier molecular flexibility index (Phi) is 8.94. The Morgan fingerprint density at radius 2 is 1.65 bits per heavy atom. The van der Waals surface area contributed by atoms with Crippen LogP contribution in [-0.4, -0.2) is 74.8 Å². The van der Waals surface area contributed by atoms with Crippen LogP contribution < -0.4 is 15.8 Å². The molecular weight excluding hydrogens is 565 g/mol. The number of nitrogens with zero attached hydrogens (tertiary/aromatic N) is 4. The average molecular weight is 597 g/mol. The van der Waals surface area contributed by atoms with E-state index in [9.17, 15) is 27.9 Å². The number of pyridine rings is 1. The smallest absolute Gasteiger partial charge is 0.435 e. The van der Waals surface area contributed by atoms with Gasteiger partial charge in [0.25, 0.3) is 5.91 Å². The van der Waals surface area contributed by atoms with Gasteiger partial charge in [-0.1, -0.05) is 36.4 Å². The largest absolute Gasteiger partial charge is 0.489 e. The first kappa shape index (κ1) is 30.0. The van der Waals surface area contributed by atoms with Gasteiger partial charge in [0, 0.05) is 50.0 Å². The highest BCUT2D eigenvalue weighted by molar-refractivity contribution is 5.97. The molecular formula is C30H31F3N6O4.